The van der Waals surface area contributed by atoms with Gasteiger partial charge in [-0.05, 0) is 76.3 Å². The highest BCUT2D eigenvalue weighted by Gasteiger charge is 2.38. The van der Waals surface area contributed by atoms with Gasteiger partial charge in [-0.1, -0.05) is 24.7 Å². The molecule has 2 aliphatic carbocycles. The maximum atomic E-state index is 15.1. The van der Waals surface area contributed by atoms with Gasteiger partial charge in [-0.2, -0.15) is 0 Å². The van der Waals surface area contributed by atoms with Crippen LogP contribution in [0.5, 0.6) is 0 Å². The van der Waals surface area contributed by atoms with Crippen molar-refractivity contribution in [3.8, 4) is 0 Å². The van der Waals surface area contributed by atoms with Crippen LogP contribution < -0.4 is 20.9 Å². The summed E-state index contributed by atoms with van der Waals surface area (Å²) in [6, 6.07) is 4.55. The van der Waals surface area contributed by atoms with E-state index in [2.05, 4.69) is 10.6 Å². The van der Waals surface area contributed by atoms with Crippen molar-refractivity contribution >= 4 is 46.4 Å². The third-order valence-corrected chi connectivity index (χ3v) is 7.27. The fraction of sp³-hybridized carbons (Fsp3) is 0.481. The maximum absolute atomic E-state index is 15.1. The van der Waals surface area contributed by atoms with Crippen molar-refractivity contribution in [3.63, 3.8) is 0 Å². The summed E-state index contributed by atoms with van der Waals surface area (Å²) in [5.41, 5.74) is -0.331. The van der Waals surface area contributed by atoms with Gasteiger partial charge in [-0.15, -0.1) is 0 Å². The molecule has 0 radical (unpaired) electrons. The number of nitrogens with zero attached hydrogens (tertiary/aromatic N) is 1. The summed E-state index contributed by atoms with van der Waals surface area (Å²) in [4.78, 5) is 40.2. The molecule has 2 atom stereocenters. The molecule has 0 aromatic heterocycles. The molecule has 4 N–H and O–H groups in total. The minimum atomic E-state index is -0.901. The fourth-order valence-electron chi connectivity index (χ4n) is 4.94. The van der Waals surface area contributed by atoms with Gasteiger partial charge in [0.15, 0.2) is 0 Å². The van der Waals surface area contributed by atoms with Crippen LogP contribution in [-0.4, -0.2) is 48.0 Å². The van der Waals surface area contributed by atoms with Crippen LogP contribution in [0.25, 0.3) is 0 Å². The fourth-order valence-corrected chi connectivity index (χ4v) is 5.02. The number of carbonyl (C=O) groups is 3. The zero-order valence-corrected chi connectivity index (χ0v) is 22.0. The van der Waals surface area contributed by atoms with Gasteiger partial charge in [0.05, 0.1) is 41.2 Å². The number of nitrogens with one attached hydrogen (secondary N) is 2. The molecule has 1 aromatic rings. The van der Waals surface area contributed by atoms with Crippen LogP contribution in [0.4, 0.5) is 20.6 Å². The van der Waals surface area contributed by atoms with Gasteiger partial charge < -0.3 is 15.4 Å². The highest BCUT2D eigenvalue weighted by atomic mass is 32.1. The summed E-state index contributed by atoms with van der Waals surface area (Å²) in [7, 11) is 0. The first-order chi connectivity index (χ1) is 17.6. The Morgan fingerprint density at radius 3 is 2.73 bits per heavy atom. The first kappa shape index (κ1) is 26.9. The molecule has 1 heterocycles. The van der Waals surface area contributed by atoms with Crippen LogP contribution in [-0.2, 0) is 14.3 Å². The Morgan fingerprint density at radius 2 is 2.03 bits per heavy atom. The average molecular weight is 530 g/mol. The summed E-state index contributed by atoms with van der Waals surface area (Å²) in [6.45, 7) is 4.18. The minimum Gasteiger partial charge on any atom is -0.442 e. The molecule has 2 amide bonds. The van der Waals surface area contributed by atoms with E-state index >= 15 is 4.39 Å². The number of nitrogens with two attached hydrogens (primary N) is 1. The maximum Gasteiger partial charge on any atom is 0.414 e. The van der Waals surface area contributed by atoms with E-state index in [4.69, 9.17) is 17.0 Å². The van der Waals surface area contributed by atoms with Crippen molar-refractivity contribution in [2.75, 3.05) is 23.3 Å². The number of amides is 2. The minimum absolute atomic E-state index is 0.0192. The highest BCUT2D eigenvalue weighted by Crippen LogP contribution is 2.31. The summed E-state index contributed by atoms with van der Waals surface area (Å²) in [5.74, 6) is -0.982. The van der Waals surface area contributed by atoms with Gasteiger partial charge in [0.25, 0.3) is 0 Å². The number of thiocarbonyl (C=S) groups is 1. The first-order valence-corrected chi connectivity index (χ1v) is 13.2. The summed E-state index contributed by atoms with van der Waals surface area (Å²) >= 11 is 4.99. The van der Waals surface area contributed by atoms with Crippen molar-refractivity contribution in [2.24, 2.45) is 5.41 Å². The molecule has 2 fully saturated rings. The Bertz CT molecular complexity index is 1150. The Kier molecular flexibility index (Phi) is 8.39. The molecule has 1 aromatic carbocycles. The van der Waals surface area contributed by atoms with Crippen LogP contribution in [0.3, 0.4) is 0 Å². The Balaban J connectivity index is 1.48. The first-order valence-electron chi connectivity index (χ1n) is 12.8. The predicted octanol–water partition coefficient (Wildman–Crippen LogP) is 3.34. The van der Waals surface area contributed by atoms with Crippen molar-refractivity contribution in [1.29, 1.82) is 0 Å². The molecule has 2 unspecified atom stereocenters. The van der Waals surface area contributed by atoms with E-state index in [1.807, 2.05) is 12.2 Å². The van der Waals surface area contributed by atoms with Crippen LogP contribution in [0, 0.1) is 11.2 Å². The Labute approximate surface area is 221 Å². The zero-order chi connectivity index (χ0) is 26.6. The number of allylic oxidation sites excluding steroid dienone is 2. The zero-order valence-electron chi connectivity index (χ0n) is 21.2. The number of carbonyl (C=O) groups excluding carboxylic acids is 3. The van der Waals surface area contributed by atoms with E-state index in [-0.39, 0.29) is 35.7 Å². The molecule has 8 nitrogen and oxygen atoms in total. The van der Waals surface area contributed by atoms with Gasteiger partial charge in [0.2, 0.25) is 5.78 Å². The van der Waals surface area contributed by atoms with Crippen LogP contribution in [0.2, 0.25) is 0 Å². The van der Waals surface area contributed by atoms with Gasteiger partial charge in [0, 0.05) is 0 Å². The second-order valence-electron chi connectivity index (χ2n) is 10.2. The average Bonchev–Trinajstić information content (AvgIpc) is 3.17. The molecule has 37 heavy (non-hydrogen) atoms. The molecule has 1 saturated carbocycles. The number of ether oxygens (including phenoxy) is 1. The summed E-state index contributed by atoms with van der Waals surface area (Å²) < 4.78 is 20.5. The Hall–Kier alpha value is -3.11. The van der Waals surface area contributed by atoms with Crippen molar-refractivity contribution in [3.05, 3.63) is 47.9 Å². The molecule has 3 aliphatic rings. The van der Waals surface area contributed by atoms with E-state index in [1.165, 1.54) is 29.5 Å². The largest absolute Gasteiger partial charge is 0.442 e. The molecule has 0 spiro atoms. The number of hydrogen-bond acceptors (Lipinski definition) is 6. The van der Waals surface area contributed by atoms with Crippen molar-refractivity contribution in [1.82, 2.24) is 5.32 Å². The molecule has 198 valence electrons. The topological polar surface area (TPSA) is 104 Å². The van der Waals surface area contributed by atoms with Crippen molar-refractivity contribution in [2.45, 2.75) is 64.5 Å². The van der Waals surface area contributed by atoms with Crippen LogP contribution in [0.1, 0.15) is 52.4 Å². The molecule has 1 aliphatic heterocycles. The SMILES string of the molecule is CC(=S)NCC1CN(c2ccc(NC3=CC(C)(C(=O)[NH2+]C4CCCCC4)CC=CC3=O)c(F)c2)C(=O)O1. The number of primary amides is 1. The van der Waals surface area contributed by atoms with E-state index in [0.717, 1.165) is 25.7 Å². The van der Waals surface area contributed by atoms with Gasteiger partial charge >= 0.3 is 12.0 Å². The predicted molar refractivity (Wildman–Crippen MR) is 143 cm³/mol. The molecular weight excluding hydrogens is 495 g/mol. The monoisotopic (exact) mass is 529 g/mol. The number of cyclic esters (lactones) is 1. The van der Waals surface area contributed by atoms with Crippen LogP contribution in [0.15, 0.2) is 42.1 Å². The third kappa shape index (κ3) is 6.61. The number of benzene rings is 1. The number of ketones is 1. The lowest BCUT2D eigenvalue weighted by atomic mass is 9.84. The van der Waals surface area contributed by atoms with E-state index in [0.29, 0.717) is 23.6 Å². The molecule has 4 rings (SSSR count). The molecular formula is C27H34FN4O4S+. The van der Waals surface area contributed by atoms with E-state index in [9.17, 15) is 14.4 Å². The third-order valence-electron chi connectivity index (χ3n) is 7.13. The highest BCUT2D eigenvalue weighted by molar-refractivity contribution is 7.80. The summed E-state index contributed by atoms with van der Waals surface area (Å²) in [5, 5.41) is 7.67. The quantitative estimate of drug-likeness (QED) is 0.466. The number of hydrogen-bond donors (Lipinski definition) is 3. The lowest BCUT2D eigenvalue weighted by molar-refractivity contribution is -0.613. The van der Waals surface area contributed by atoms with E-state index < -0.39 is 23.4 Å². The number of rotatable bonds is 7. The van der Waals surface area contributed by atoms with Gasteiger partial charge in [-0.3, -0.25) is 15.0 Å². The van der Waals surface area contributed by atoms with Gasteiger partial charge in [0.1, 0.15) is 17.3 Å². The van der Waals surface area contributed by atoms with Crippen LogP contribution >= 0.6 is 12.2 Å². The van der Waals surface area contributed by atoms with E-state index in [1.54, 1.807) is 25.1 Å². The smallest absolute Gasteiger partial charge is 0.414 e. The Morgan fingerprint density at radius 1 is 1.27 bits per heavy atom. The second kappa shape index (κ2) is 11.5. The lowest BCUT2D eigenvalue weighted by Gasteiger charge is -2.25. The number of quaternary nitrogens is 1. The second-order valence-corrected chi connectivity index (χ2v) is 10.8. The normalized spacial score (nSPS) is 24.4. The summed E-state index contributed by atoms with van der Waals surface area (Å²) in [6.07, 6.45) is 9.64. The number of halogens is 1. The molecule has 1 saturated heterocycles. The number of anilines is 2. The molecule has 10 heteroatoms. The van der Waals surface area contributed by atoms with Gasteiger partial charge in [-0.25, -0.2) is 14.0 Å². The standard InChI is InChI=1S/C27H33FN4O4S/c1-17(37)29-15-20-16-32(26(35)36-20)19-10-11-22(21(28)13-19)31-23-14-27(2,12-6-9-24(23)33)25(34)30-18-7-4-3-5-8-18/h6,9-11,13-14,18,20,31H,3-5,7-8,12,15-16H2,1-2H3,(H,29,37)(H,30,34)/p+1. The van der Waals surface area contributed by atoms with Crippen molar-refractivity contribution < 1.29 is 28.8 Å². The lowest BCUT2D eigenvalue weighted by Crippen LogP contribution is -2.95. The molecule has 0 bridgehead atoms.